The maximum atomic E-state index is 10.4. The van der Waals surface area contributed by atoms with E-state index in [2.05, 4.69) is 29.7 Å². The van der Waals surface area contributed by atoms with Crippen molar-refractivity contribution in [3.05, 3.63) is 24.2 Å². The summed E-state index contributed by atoms with van der Waals surface area (Å²) in [4.78, 5) is 10.4. The molecule has 0 spiro atoms. The first-order valence-corrected chi connectivity index (χ1v) is 12.0. The molecule has 0 aliphatic carbocycles. The number of aryl methyl sites for hydroxylation is 1. The molecule has 30 heavy (non-hydrogen) atoms. The van der Waals surface area contributed by atoms with Gasteiger partial charge >= 0.3 is 5.97 Å². The number of carboxylic acid groups (broad SMARTS) is 1. The molecule has 1 heterocycles. The number of rotatable bonds is 18. The minimum atomic E-state index is -0.758. The van der Waals surface area contributed by atoms with E-state index in [1.54, 1.807) is 6.26 Å². The predicted octanol–water partition coefficient (Wildman–Crippen LogP) is 7.55. The van der Waals surface area contributed by atoms with Crippen LogP contribution in [0.4, 0.5) is 0 Å². The standard InChI is InChI=1S/C27H40O3/c28-27(29)24-20-18-16-14-12-10-8-6-4-2-1-3-5-7-9-11-13-15-17-19-22-26-23-21-25-30-26/h21,23,25H,1-9,11,13,15,17-20,22,24H2,(H,28,29). The van der Waals surface area contributed by atoms with Crippen LogP contribution in [0.15, 0.2) is 22.8 Å². The number of unbranched alkanes of at least 4 members (excludes halogenated alkanes) is 14. The number of carbonyl (C=O) groups is 1. The first-order chi connectivity index (χ1) is 14.8. The Bertz CT molecular complexity index is 637. The summed E-state index contributed by atoms with van der Waals surface area (Å²) in [6, 6.07) is 4.04. The van der Waals surface area contributed by atoms with E-state index in [1.165, 1.54) is 77.0 Å². The maximum absolute atomic E-state index is 10.4. The van der Waals surface area contributed by atoms with E-state index >= 15 is 0 Å². The molecule has 0 aliphatic rings. The van der Waals surface area contributed by atoms with Gasteiger partial charge in [0, 0.05) is 25.7 Å². The zero-order chi connectivity index (χ0) is 21.5. The largest absolute Gasteiger partial charge is 0.481 e. The summed E-state index contributed by atoms with van der Waals surface area (Å²) in [7, 11) is 0. The van der Waals surface area contributed by atoms with Gasteiger partial charge in [0.15, 0.2) is 0 Å². The van der Waals surface area contributed by atoms with Crippen LogP contribution in [0.25, 0.3) is 0 Å². The van der Waals surface area contributed by atoms with E-state index < -0.39 is 5.97 Å². The summed E-state index contributed by atoms with van der Waals surface area (Å²) in [5, 5.41) is 8.52. The van der Waals surface area contributed by atoms with Gasteiger partial charge in [-0.05, 0) is 43.2 Å². The van der Waals surface area contributed by atoms with Crippen molar-refractivity contribution in [2.75, 3.05) is 0 Å². The quantitative estimate of drug-likeness (QED) is 0.200. The highest BCUT2D eigenvalue weighted by Crippen LogP contribution is 2.14. The predicted molar refractivity (Wildman–Crippen MR) is 124 cm³/mol. The lowest BCUT2D eigenvalue weighted by Crippen LogP contribution is -1.92. The average molecular weight is 413 g/mol. The molecular formula is C27H40O3. The van der Waals surface area contributed by atoms with Crippen molar-refractivity contribution in [1.82, 2.24) is 0 Å². The van der Waals surface area contributed by atoms with E-state index in [0.717, 1.165) is 25.0 Å². The molecule has 1 rings (SSSR count). The second-order valence-electron chi connectivity index (χ2n) is 8.03. The van der Waals surface area contributed by atoms with Crippen LogP contribution in [0.1, 0.15) is 115 Å². The van der Waals surface area contributed by atoms with E-state index in [4.69, 9.17) is 9.52 Å². The fourth-order valence-corrected chi connectivity index (χ4v) is 3.45. The van der Waals surface area contributed by atoms with Crippen molar-refractivity contribution in [2.24, 2.45) is 0 Å². The average Bonchev–Trinajstić information content (AvgIpc) is 3.25. The Labute approximate surface area is 184 Å². The number of hydrogen-bond donors (Lipinski definition) is 1. The van der Waals surface area contributed by atoms with Gasteiger partial charge in [-0.2, -0.15) is 0 Å². The number of carboxylic acids is 1. The van der Waals surface area contributed by atoms with Gasteiger partial charge in [-0.3, -0.25) is 4.79 Å². The third-order valence-electron chi connectivity index (χ3n) is 5.24. The Morgan fingerprint density at radius 3 is 1.73 bits per heavy atom. The van der Waals surface area contributed by atoms with Gasteiger partial charge in [-0.15, -0.1) is 0 Å². The first-order valence-electron chi connectivity index (χ1n) is 12.0. The first kappa shape index (κ1) is 25.9. The molecular weight excluding hydrogens is 372 g/mol. The minimum Gasteiger partial charge on any atom is -0.481 e. The zero-order valence-electron chi connectivity index (χ0n) is 18.7. The highest BCUT2D eigenvalue weighted by atomic mass is 16.4. The van der Waals surface area contributed by atoms with E-state index in [-0.39, 0.29) is 6.42 Å². The van der Waals surface area contributed by atoms with Crippen molar-refractivity contribution >= 4 is 5.97 Å². The van der Waals surface area contributed by atoms with Crippen LogP contribution in [0.2, 0.25) is 0 Å². The molecule has 0 fully saturated rings. The molecule has 1 N–H and O–H groups in total. The van der Waals surface area contributed by atoms with Gasteiger partial charge in [0.1, 0.15) is 5.76 Å². The van der Waals surface area contributed by atoms with Gasteiger partial charge in [-0.1, -0.05) is 82.5 Å². The van der Waals surface area contributed by atoms with E-state index in [1.807, 2.05) is 6.07 Å². The topological polar surface area (TPSA) is 50.4 Å². The summed E-state index contributed by atoms with van der Waals surface area (Å²) < 4.78 is 5.36. The lowest BCUT2D eigenvalue weighted by atomic mass is 10.0. The summed E-state index contributed by atoms with van der Waals surface area (Å²) in [5.74, 6) is 12.0. The van der Waals surface area contributed by atoms with Gasteiger partial charge in [0.05, 0.1) is 6.26 Å². The highest BCUT2D eigenvalue weighted by Gasteiger charge is 1.97. The van der Waals surface area contributed by atoms with Crippen molar-refractivity contribution in [1.29, 1.82) is 0 Å². The van der Waals surface area contributed by atoms with Gasteiger partial charge in [0.25, 0.3) is 0 Å². The Morgan fingerprint density at radius 2 is 1.23 bits per heavy atom. The van der Waals surface area contributed by atoms with Crippen LogP contribution >= 0.6 is 0 Å². The molecule has 0 aromatic carbocycles. The summed E-state index contributed by atoms with van der Waals surface area (Å²) in [6.07, 6.45) is 22.5. The van der Waals surface area contributed by atoms with Crippen molar-refractivity contribution < 1.29 is 14.3 Å². The maximum Gasteiger partial charge on any atom is 0.303 e. The lowest BCUT2D eigenvalue weighted by Gasteiger charge is -2.03. The molecule has 3 nitrogen and oxygen atoms in total. The van der Waals surface area contributed by atoms with Gasteiger partial charge in [-0.25, -0.2) is 0 Å². The third kappa shape index (κ3) is 17.9. The summed E-state index contributed by atoms with van der Waals surface area (Å²) in [6.45, 7) is 0. The van der Waals surface area contributed by atoms with Crippen molar-refractivity contribution in [3.63, 3.8) is 0 Å². The minimum absolute atomic E-state index is 0.190. The smallest absolute Gasteiger partial charge is 0.303 e. The van der Waals surface area contributed by atoms with E-state index in [9.17, 15) is 4.79 Å². The van der Waals surface area contributed by atoms with Crippen molar-refractivity contribution in [3.8, 4) is 23.7 Å². The second-order valence-corrected chi connectivity index (χ2v) is 8.03. The Kier molecular flexibility index (Phi) is 17.4. The fraction of sp³-hybridized carbons (Fsp3) is 0.667. The highest BCUT2D eigenvalue weighted by molar-refractivity contribution is 5.66. The van der Waals surface area contributed by atoms with Crippen molar-refractivity contribution in [2.45, 2.75) is 116 Å². The normalized spacial score (nSPS) is 10.1. The molecule has 0 bridgehead atoms. The monoisotopic (exact) mass is 412 g/mol. The molecule has 0 atom stereocenters. The van der Waals surface area contributed by atoms with Crippen LogP contribution < -0.4 is 0 Å². The van der Waals surface area contributed by atoms with Crippen LogP contribution in [-0.4, -0.2) is 11.1 Å². The number of hydrogen-bond acceptors (Lipinski definition) is 2. The third-order valence-corrected chi connectivity index (χ3v) is 5.24. The molecule has 166 valence electrons. The Balaban J connectivity index is 1.73. The molecule has 0 saturated heterocycles. The summed E-state index contributed by atoms with van der Waals surface area (Å²) >= 11 is 0. The van der Waals surface area contributed by atoms with Gasteiger partial charge < -0.3 is 9.52 Å². The Morgan fingerprint density at radius 1 is 0.733 bits per heavy atom. The Hall–Kier alpha value is -2.13. The molecule has 1 aromatic rings. The van der Waals surface area contributed by atoms with Crippen LogP contribution in [-0.2, 0) is 11.2 Å². The second kappa shape index (κ2) is 20.2. The molecule has 0 unspecified atom stereocenters. The fourth-order valence-electron chi connectivity index (χ4n) is 3.45. The van der Waals surface area contributed by atoms with Crippen LogP contribution in [0, 0.1) is 23.7 Å². The van der Waals surface area contributed by atoms with Crippen LogP contribution in [0.5, 0.6) is 0 Å². The molecule has 0 saturated carbocycles. The molecule has 1 aromatic heterocycles. The van der Waals surface area contributed by atoms with Gasteiger partial charge in [0.2, 0.25) is 0 Å². The molecule has 0 amide bonds. The number of furan rings is 1. The van der Waals surface area contributed by atoms with Crippen LogP contribution in [0.3, 0.4) is 0 Å². The molecule has 0 aliphatic heterocycles. The zero-order valence-corrected chi connectivity index (χ0v) is 18.7. The molecule has 0 radical (unpaired) electrons. The summed E-state index contributed by atoms with van der Waals surface area (Å²) in [5.41, 5.74) is 0. The number of aliphatic carboxylic acids is 1. The molecule has 3 heteroatoms. The lowest BCUT2D eigenvalue weighted by molar-refractivity contribution is -0.137. The SMILES string of the molecule is O=C(O)CCCC#CC#CCCCCCCCCCCCCCCCc1ccco1. The van der Waals surface area contributed by atoms with E-state index in [0.29, 0.717) is 12.8 Å².